The molecule has 0 saturated carbocycles. The van der Waals surface area contributed by atoms with Crippen molar-refractivity contribution in [1.29, 1.82) is 0 Å². The van der Waals surface area contributed by atoms with Crippen molar-refractivity contribution >= 4 is 33.1 Å². The predicted molar refractivity (Wildman–Crippen MR) is 101 cm³/mol. The topological polar surface area (TPSA) is 34.1 Å². The maximum atomic E-state index is 14.5. The number of benzene rings is 4. The summed E-state index contributed by atoms with van der Waals surface area (Å²) in [6.45, 7) is 0. The number of hydrogen-bond acceptors (Lipinski definition) is 2. The van der Waals surface area contributed by atoms with Crippen LogP contribution >= 0.6 is 0 Å². The fourth-order valence-corrected chi connectivity index (χ4v) is 3.84. The molecule has 16 heteroatoms. The van der Waals surface area contributed by atoms with Gasteiger partial charge in [0, 0.05) is 10.8 Å². The lowest BCUT2D eigenvalue weighted by molar-refractivity contribution is 0.0890. The monoisotopic (exact) mass is 576 g/mol. The number of halogens is 14. The Morgan fingerprint density at radius 3 is 0.769 bits per heavy atom. The van der Waals surface area contributed by atoms with Gasteiger partial charge in [0.15, 0.2) is 93.0 Å². The maximum Gasteiger partial charge on any atom is 0.198 e. The SMILES string of the molecule is O=C(CC(=O)c1c(F)c(F)c(F)c2c(F)c(F)c(F)c(F)c12)c1c(F)c(F)c(F)c2c(F)c(F)c(F)c(F)c12. The molecule has 0 amide bonds. The zero-order chi connectivity index (χ0) is 29.4. The first-order chi connectivity index (χ1) is 18.1. The Labute approximate surface area is 204 Å². The molecule has 0 aliphatic heterocycles. The number of Topliss-reactive ketones (excluding diaryl/α,β-unsaturated/α-hetero) is 2. The van der Waals surface area contributed by atoms with Crippen molar-refractivity contribution in [1.82, 2.24) is 0 Å². The predicted octanol–water partition coefficient (Wildman–Crippen LogP) is 7.40. The summed E-state index contributed by atoms with van der Waals surface area (Å²) in [7, 11) is 0. The molecular weight excluding hydrogens is 574 g/mol. The zero-order valence-electron chi connectivity index (χ0n) is 17.8. The molecule has 4 aromatic carbocycles. The second-order valence-electron chi connectivity index (χ2n) is 7.67. The smallest absolute Gasteiger partial charge is 0.198 e. The molecular formula is C23H2F14O2. The molecule has 0 bridgehead atoms. The van der Waals surface area contributed by atoms with Gasteiger partial charge in [-0.05, 0) is 0 Å². The summed E-state index contributed by atoms with van der Waals surface area (Å²) >= 11 is 0. The summed E-state index contributed by atoms with van der Waals surface area (Å²) in [4.78, 5) is 25.2. The van der Waals surface area contributed by atoms with E-state index in [1.165, 1.54) is 0 Å². The van der Waals surface area contributed by atoms with E-state index in [1.54, 1.807) is 0 Å². The lowest BCUT2D eigenvalue weighted by Crippen LogP contribution is -2.18. The number of ketones is 2. The molecule has 0 spiro atoms. The Balaban J connectivity index is 2.01. The van der Waals surface area contributed by atoms with E-state index in [1.807, 2.05) is 0 Å². The summed E-state index contributed by atoms with van der Waals surface area (Å²) in [5, 5.41) is -8.50. The summed E-state index contributed by atoms with van der Waals surface area (Å²) in [5.74, 6) is -42.6. The highest BCUT2D eigenvalue weighted by atomic mass is 19.2. The number of carbonyl (C=O) groups excluding carboxylic acids is 2. The van der Waals surface area contributed by atoms with Crippen molar-refractivity contribution in [2.45, 2.75) is 6.42 Å². The lowest BCUT2D eigenvalue weighted by Gasteiger charge is -2.14. The molecule has 0 radical (unpaired) electrons. The van der Waals surface area contributed by atoms with Crippen molar-refractivity contribution in [3.8, 4) is 0 Å². The molecule has 0 fully saturated rings. The van der Waals surface area contributed by atoms with Gasteiger partial charge in [-0.3, -0.25) is 9.59 Å². The average molecular weight is 576 g/mol. The largest absolute Gasteiger partial charge is 0.294 e. The third kappa shape index (κ3) is 3.71. The molecule has 0 aliphatic carbocycles. The number of rotatable bonds is 4. The molecule has 2 nitrogen and oxygen atoms in total. The normalized spacial score (nSPS) is 11.6. The van der Waals surface area contributed by atoms with Gasteiger partial charge in [0.05, 0.1) is 28.3 Å². The van der Waals surface area contributed by atoms with Gasteiger partial charge in [0.25, 0.3) is 0 Å². The van der Waals surface area contributed by atoms with E-state index < -0.39 is 132 Å². The minimum Gasteiger partial charge on any atom is -0.294 e. The van der Waals surface area contributed by atoms with Gasteiger partial charge in [0.1, 0.15) is 0 Å². The van der Waals surface area contributed by atoms with Gasteiger partial charge < -0.3 is 0 Å². The second kappa shape index (κ2) is 9.20. The second-order valence-corrected chi connectivity index (χ2v) is 7.67. The molecule has 39 heavy (non-hydrogen) atoms. The van der Waals surface area contributed by atoms with Crippen molar-refractivity contribution in [2.75, 3.05) is 0 Å². The van der Waals surface area contributed by atoms with Crippen molar-refractivity contribution in [3.63, 3.8) is 0 Å². The van der Waals surface area contributed by atoms with Crippen LogP contribution in [0.3, 0.4) is 0 Å². The molecule has 0 heterocycles. The van der Waals surface area contributed by atoms with Gasteiger partial charge in [0.2, 0.25) is 0 Å². The van der Waals surface area contributed by atoms with Crippen LogP contribution in [0.4, 0.5) is 61.5 Å². The molecule has 204 valence electrons. The summed E-state index contributed by atoms with van der Waals surface area (Å²) in [6.07, 6.45) is -2.20. The lowest BCUT2D eigenvalue weighted by atomic mass is 9.92. The van der Waals surface area contributed by atoms with Gasteiger partial charge in [-0.25, -0.2) is 61.5 Å². The van der Waals surface area contributed by atoms with Crippen LogP contribution in [0.1, 0.15) is 27.1 Å². The van der Waals surface area contributed by atoms with E-state index in [-0.39, 0.29) is 0 Å². The van der Waals surface area contributed by atoms with E-state index in [2.05, 4.69) is 0 Å². The van der Waals surface area contributed by atoms with Crippen LogP contribution in [0.15, 0.2) is 0 Å². The Kier molecular flexibility index (Phi) is 6.55. The van der Waals surface area contributed by atoms with Crippen LogP contribution < -0.4 is 0 Å². The fourth-order valence-electron chi connectivity index (χ4n) is 3.84. The van der Waals surface area contributed by atoms with Crippen molar-refractivity contribution < 1.29 is 71.1 Å². The maximum absolute atomic E-state index is 14.5. The Morgan fingerprint density at radius 1 is 0.308 bits per heavy atom. The van der Waals surface area contributed by atoms with E-state index in [0.29, 0.717) is 0 Å². The molecule has 0 atom stereocenters. The molecule has 4 rings (SSSR count). The first-order valence-electron chi connectivity index (χ1n) is 9.76. The first kappa shape index (κ1) is 27.8. The Morgan fingerprint density at radius 2 is 0.513 bits per heavy atom. The van der Waals surface area contributed by atoms with Crippen molar-refractivity contribution in [2.24, 2.45) is 0 Å². The number of fused-ring (bicyclic) bond motifs is 2. The highest BCUT2D eigenvalue weighted by molar-refractivity contribution is 6.21. The number of carbonyl (C=O) groups is 2. The fraction of sp³-hybridized carbons (Fsp3) is 0.0435. The van der Waals surface area contributed by atoms with Crippen LogP contribution in [0.5, 0.6) is 0 Å². The highest BCUT2D eigenvalue weighted by Crippen LogP contribution is 2.38. The highest BCUT2D eigenvalue weighted by Gasteiger charge is 2.36. The average Bonchev–Trinajstić information content (AvgIpc) is 2.89. The third-order valence-electron chi connectivity index (χ3n) is 5.56. The van der Waals surface area contributed by atoms with Crippen LogP contribution in [-0.4, -0.2) is 11.6 Å². The minimum absolute atomic E-state index is 2.10. The third-order valence-corrected chi connectivity index (χ3v) is 5.56. The minimum atomic E-state index is -2.78. The molecule has 0 aliphatic rings. The van der Waals surface area contributed by atoms with Gasteiger partial charge in [-0.15, -0.1) is 0 Å². The molecule has 0 unspecified atom stereocenters. The van der Waals surface area contributed by atoms with Crippen molar-refractivity contribution in [3.05, 3.63) is 92.6 Å². The Hall–Kier alpha value is -4.24. The summed E-state index contributed by atoms with van der Waals surface area (Å²) in [6, 6.07) is 0. The molecule has 0 saturated heterocycles. The first-order valence-corrected chi connectivity index (χ1v) is 9.76. The van der Waals surface area contributed by atoms with Crippen LogP contribution in [0, 0.1) is 81.4 Å². The van der Waals surface area contributed by atoms with E-state index in [0.717, 1.165) is 0 Å². The van der Waals surface area contributed by atoms with Gasteiger partial charge in [-0.2, -0.15) is 0 Å². The number of hydrogen-bond donors (Lipinski definition) is 0. The van der Waals surface area contributed by atoms with Crippen LogP contribution in [0.25, 0.3) is 21.5 Å². The van der Waals surface area contributed by atoms with E-state index >= 15 is 0 Å². The van der Waals surface area contributed by atoms with Gasteiger partial charge >= 0.3 is 0 Å². The van der Waals surface area contributed by atoms with E-state index in [9.17, 15) is 71.1 Å². The quantitative estimate of drug-likeness (QED) is 0.0835. The van der Waals surface area contributed by atoms with Crippen LogP contribution in [0.2, 0.25) is 0 Å². The van der Waals surface area contributed by atoms with Crippen LogP contribution in [-0.2, 0) is 0 Å². The summed E-state index contributed by atoms with van der Waals surface area (Å²) in [5.41, 5.74) is -4.35. The standard InChI is InChI=1S/C23H2F14O2/c24-10-4(6-8(14(28)18(10)32)16(30)22(36)20(34)12(6)26)2(38)1-3(39)5-7-9(15(29)19(33)11(5)25)17(31)23(37)21(35)13(7)27/h1H2. The summed E-state index contributed by atoms with van der Waals surface area (Å²) < 4.78 is 197. The Bertz CT molecular complexity index is 1660. The molecule has 4 aromatic rings. The zero-order valence-corrected chi connectivity index (χ0v) is 17.8. The van der Waals surface area contributed by atoms with E-state index in [4.69, 9.17) is 0 Å². The molecule has 0 aromatic heterocycles. The van der Waals surface area contributed by atoms with Gasteiger partial charge in [-0.1, -0.05) is 0 Å². The molecule has 0 N–H and O–H groups in total.